The van der Waals surface area contributed by atoms with Crippen LogP contribution in [0.1, 0.15) is 43.6 Å². The molecule has 0 aromatic heterocycles. The maximum absolute atomic E-state index is 3.61. The lowest BCUT2D eigenvalue weighted by molar-refractivity contribution is 0.443. The van der Waals surface area contributed by atoms with Crippen molar-refractivity contribution in [2.45, 2.75) is 38.0 Å². The van der Waals surface area contributed by atoms with Crippen LogP contribution >= 0.6 is 15.9 Å². The molecular weight excluding hydrogens is 526 g/mol. The Hall–Kier alpha value is -3.62. The quantitative estimate of drug-likeness (QED) is 0.200. The van der Waals surface area contributed by atoms with Gasteiger partial charge in [-0.2, -0.15) is 0 Å². The van der Waals surface area contributed by atoms with Crippen molar-refractivity contribution < 1.29 is 0 Å². The number of rotatable bonds is 6. The van der Waals surface area contributed by atoms with Gasteiger partial charge >= 0.3 is 0 Å². The molecule has 5 aromatic rings. The van der Waals surface area contributed by atoms with Crippen LogP contribution in [-0.4, -0.2) is 0 Å². The van der Waals surface area contributed by atoms with Crippen molar-refractivity contribution >= 4 is 33.0 Å². The summed E-state index contributed by atoms with van der Waals surface area (Å²) in [5.74, 6) is 0.709. The summed E-state index contributed by atoms with van der Waals surface area (Å²) < 4.78 is 1.09. The molecule has 0 spiro atoms. The molecule has 0 aliphatic heterocycles. The predicted octanol–water partition coefficient (Wildman–Crippen LogP) is 11.3. The van der Waals surface area contributed by atoms with Crippen LogP contribution in [-0.2, 0) is 0 Å². The molecule has 1 aliphatic carbocycles. The number of hydrogen-bond donors (Lipinski definition) is 0. The minimum absolute atomic E-state index is 0.709. The van der Waals surface area contributed by atoms with Crippen molar-refractivity contribution in [1.82, 2.24) is 0 Å². The number of anilines is 3. The molecule has 0 amide bonds. The van der Waals surface area contributed by atoms with Crippen LogP contribution in [0.15, 0.2) is 132 Å². The van der Waals surface area contributed by atoms with Gasteiger partial charge in [0.15, 0.2) is 0 Å². The maximum atomic E-state index is 3.61. The minimum Gasteiger partial charge on any atom is -0.311 e. The number of nitrogens with zero attached hydrogens (tertiary/aromatic N) is 1. The molecule has 0 bridgehead atoms. The molecule has 38 heavy (non-hydrogen) atoms. The van der Waals surface area contributed by atoms with Gasteiger partial charge in [-0.05, 0) is 95.1 Å². The highest BCUT2D eigenvalue weighted by Gasteiger charge is 2.17. The molecule has 0 saturated heterocycles. The van der Waals surface area contributed by atoms with Crippen LogP contribution in [0.5, 0.6) is 0 Å². The predicted molar refractivity (Wildman–Crippen MR) is 166 cm³/mol. The first-order valence-corrected chi connectivity index (χ1v) is 14.5. The lowest BCUT2D eigenvalue weighted by Gasteiger charge is -2.27. The summed E-state index contributed by atoms with van der Waals surface area (Å²) in [6, 6.07) is 46.2. The maximum Gasteiger partial charge on any atom is 0.0462 e. The van der Waals surface area contributed by atoms with E-state index in [1.165, 1.54) is 65.6 Å². The minimum atomic E-state index is 0.709. The molecule has 1 saturated carbocycles. The number of benzene rings is 5. The molecule has 188 valence electrons. The topological polar surface area (TPSA) is 3.24 Å². The van der Waals surface area contributed by atoms with Gasteiger partial charge in [0.25, 0.3) is 0 Å². The molecular formula is C36H32BrN. The standard InChI is InChI=1S/C36H32BrN/c37-33-13-7-12-32(26-33)31-18-24-36(25-19-31)38(34-20-14-29(15-21-34)27-8-3-1-4-9-27)35-22-16-30(17-23-35)28-10-5-2-6-11-28/h1,3-4,7-9,12-26,28H,2,5-6,10-11H2. The molecule has 6 rings (SSSR count). The van der Waals surface area contributed by atoms with Crippen molar-refractivity contribution in [3.8, 4) is 22.3 Å². The molecule has 1 nitrogen and oxygen atoms in total. The second-order valence-electron chi connectivity index (χ2n) is 10.2. The molecule has 0 radical (unpaired) electrons. The van der Waals surface area contributed by atoms with Crippen molar-refractivity contribution in [3.63, 3.8) is 0 Å². The third-order valence-electron chi connectivity index (χ3n) is 7.74. The summed E-state index contributed by atoms with van der Waals surface area (Å²) in [6.45, 7) is 0. The van der Waals surface area contributed by atoms with E-state index in [0.29, 0.717) is 5.92 Å². The van der Waals surface area contributed by atoms with E-state index in [-0.39, 0.29) is 0 Å². The largest absolute Gasteiger partial charge is 0.311 e. The third-order valence-corrected chi connectivity index (χ3v) is 8.24. The lowest BCUT2D eigenvalue weighted by Crippen LogP contribution is -2.10. The fourth-order valence-corrected chi connectivity index (χ4v) is 6.08. The summed E-state index contributed by atoms with van der Waals surface area (Å²) in [6.07, 6.45) is 6.74. The summed E-state index contributed by atoms with van der Waals surface area (Å²) in [5.41, 5.74) is 9.87. The Bertz CT molecular complexity index is 1470. The van der Waals surface area contributed by atoms with Gasteiger partial charge in [-0.25, -0.2) is 0 Å². The van der Waals surface area contributed by atoms with E-state index in [9.17, 15) is 0 Å². The van der Waals surface area contributed by atoms with Gasteiger partial charge in [0.05, 0.1) is 0 Å². The summed E-state index contributed by atoms with van der Waals surface area (Å²) in [5, 5.41) is 0. The molecule has 0 atom stereocenters. The van der Waals surface area contributed by atoms with Gasteiger partial charge < -0.3 is 4.90 Å². The Kier molecular flexibility index (Phi) is 7.42. The molecule has 1 aliphatic rings. The van der Waals surface area contributed by atoms with Crippen LogP contribution in [0.4, 0.5) is 17.1 Å². The highest BCUT2D eigenvalue weighted by atomic mass is 79.9. The second kappa shape index (κ2) is 11.4. The number of hydrogen-bond acceptors (Lipinski definition) is 1. The van der Waals surface area contributed by atoms with Crippen LogP contribution in [0.2, 0.25) is 0 Å². The van der Waals surface area contributed by atoms with Crippen LogP contribution < -0.4 is 4.90 Å². The van der Waals surface area contributed by atoms with Crippen LogP contribution in [0.25, 0.3) is 22.3 Å². The van der Waals surface area contributed by atoms with Gasteiger partial charge in [0, 0.05) is 21.5 Å². The molecule has 0 N–H and O–H groups in total. The first-order chi connectivity index (χ1) is 18.7. The van der Waals surface area contributed by atoms with Crippen LogP contribution in [0.3, 0.4) is 0 Å². The van der Waals surface area contributed by atoms with Gasteiger partial charge in [0.2, 0.25) is 0 Å². The first-order valence-electron chi connectivity index (χ1n) is 13.7. The normalized spacial score (nSPS) is 13.8. The van der Waals surface area contributed by atoms with Gasteiger partial charge in [-0.1, -0.05) is 114 Å². The van der Waals surface area contributed by atoms with E-state index < -0.39 is 0 Å². The van der Waals surface area contributed by atoms with Crippen molar-refractivity contribution in [2.75, 3.05) is 4.90 Å². The van der Waals surface area contributed by atoms with E-state index in [4.69, 9.17) is 0 Å². The fraction of sp³-hybridized carbons (Fsp3) is 0.167. The summed E-state index contributed by atoms with van der Waals surface area (Å²) in [7, 11) is 0. The number of halogens is 1. The highest BCUT2D eigenvalue weighted by Crippen LogP contribution is 2.39. The Morgan fingerprint density at radius 1 is 0.474 bits per heavy atom. The van der Waals surface area contributed by atoms with E-state index >= 15 is 0 Å². The third kappa shape index (κ3) is 5.47. The lowest BCUT2D eigenvalue weighted by atomic mass is 9.84. The van der Waals surface area contributed by atoms with E-state index in [1.54, 1.807) is 0 Å². The Morgan fingerprint density at radius 3 is 1.55 bits per heavy atom. The zero-order chi connectivity index (χ0) is 25.7. The van der Waals surface area contributed by atoms with Gasteiger partial charge in [0.1, 0.15) is 0 Å². The Labute approximate surface area is 234 Å². The molecule has 2 heteroatoms. The zero-order valence-electron chi connectivity index (χ0n) is 21.6. The van der Waals surface area contributed by atoms with Crippen LogP contribution in [0, 0.1) is 0 Å². The monoisotopic (exact) mass is 557 g/mol. The Balaban J connectivity index is 1.35. The average molecular weight is 559 g/mol. The smallest absolute Gasteiger partial charge is 0.0462 e. The van der Waals surface area contributed by atoms with E-state index in [0.717, 1.165) is 15.8 Å². The van der Waals surface area contributed by atoms with Crippen molar-refractivity contribution in [3.05, 3.63) is 137 Å². The van der Waals surface area contributed by atoms with Crippen molar-refractivity contribution in [2.24, 2.45) is 0 Å². The summed E-state index contributed by atoms with van der Waals surface area (Å²) in [4.78, 5) is 2.37. The SMILES string of the molecule is Brc1cccc(-c2ccc(N(c3ccc(-c4ccccc4)cc3)c3ccc(C4CCCCC4)cc3)cc2)c1. The molecule has 1 fully saturated rings. The van der Waals surface area contributed by atoms with Crippen molar-refractivity contribution in [1.29, 1.82) is 0 Å². The molecule has 0 heterocycles. The molecule has 0 unspecified atom stereocenters. The molecule has 5 aromatic carbocycles. The zero-order valence-corrected chi connectivity index (χ0v) is 23.1. The highest BCUT2D eigenvalue weighted by molar-refractivity contribution is 9.10. The van der Waals surface area contributed by atoms with Gasteiger partial charge in [-0.3, -0.25) is 0 Å². The van der Waals surface area contributed by atoms with E-state index in [2.05, 4.69) is 148 Å². The Morgan fingerprint density at radius 2 is 0.974 bits per heavy atom. The first kappa shape index (κ1) is 24.7. The fourth-order valence-electron chi connectivity index (χ4n) is 5.68. The van der Waals surface area contributed by atoms with Gasteiger partial charge in [-0.15, -0.1) is 0 Å². The average Bonchev–Trinajstić information content (AvgIpc) is 2.99. The second-order valence-corrected chi connectivity index (χ2v) is 11.1. The summed E-state index contributed by atoms with van der Waals surface area (Å²) >= 11 is 3.61. The van der Waals surface area contributed by atoms with E-state index in [1.807, 2.05) is 0 Å².